The number of methoxy groups -OCH3 is 4. The number of ether oxygens (including phenoxy) is 5. The third-order valence-corrected chi connectivity index (χ3v) is 7.60. The highest BCUT2D eigenvalue weighted by Crippen LogP contribution is 2.69. The summed E-state index contributed by atoms with van der Waals surface area (Å²) >= 11 is 0. The molecule has 2 fully saturated rings. The maximum absolute atomic E-state index is 14.5. The average molecular weight is 511 g/mol. The Morgan fingerprint density at radius 2 is 1.81 bits per heavy atom. The smallest absolute Gasteiger partial charge is 0.309 e. The van der Waals surface area contributed by atoms with Crippen LogP contribution in [0.5, 0.6) is 5.75 Å². The summed E-state index contributed by atoms with van der Waals surface area (Å²) in [5.74, 6) is -2.80. The van der Waals surface area contributed by atoms with Gasteiger partial charge in [0.2, 0.25) is 5.78 Å². The van der Waals surface area contributed by atoms with Gasteiger partial charge in [0.15, 0.2) is 11.4 Å². The third kappa shape index (κ3) is 3.41. The van der Waals surface area contributed by atoms with Crippen molar-refractivity contribution in [3.05, 3.63) is 88.6 Å². The molecule has 2 aromatic rings. The van der Waals surface area contributed by atoms with Crippen LogP contribution in [-0.4, -0.2) is 57.0 Å². The van der Waals surface area contributed by atoms with Crippen molar-refractivity contribution in [1.82, 2.24) is 0 Å². The maximum atomic E-state index is 14.5. The Kier molecular flexibility index (Phi) is 6.08. The van der Waals surface area contributed by atoms with Crippen LogP contribution in [0.3, 0.4) is 0 Å². The second-order valence-corrected chi connectivity index (χ2v) is 9.25. The Hall–Kier alpha value is -3.69. The van der Waals surface area contributed by atoms with Crippen LogP contribution in [0.25, 0.3) is 0 Å². The SMILES string of the molecule is COC(=O)C1CC2(O)C3=C(OC)C(=O)C(OC)C=C3OC2(c2ccc(OC)cc2)C1c1cccc(F)c1. The number of benzene rings is 2. The molecule has 2 aliphatic carbocycles. The molecule has 1 N–H and O–H groups in total. The Bertz CT molecular complexity index is 1320. The number of rotatable bonds is 6. The molecule has 3 aliphatic rings. The zero-order valence-corrected chi connectivity index (χ0v) is 20.8. The molecule has 0 radical (unpaired) electrons. The summed E-state index contributed by atoms with van der Waals surface area (Å²) in [7, 11) is 5.48. The van der Waals surface area contributed by atoms with Crippen LogP contribution in [0.4, 0.5) is 4.39 Å². The van der Waals surface area contributed by atoms with Crippen molar-refractivity contribution in [3.63, 3.8) is 0 Å². The van der Waals surface area contributed by atoms with Gasteiger partial charge in [-0.15, -0.1) is 0 Å². The summed E-state index contributed by atoms with van der Waals surface area (Å²) in [6.45, 7) is 0. The van der Waals surface area contributed by atoms with Crippen LogP contribution in [0, 0.1) is 11.7 Å². The molecule has 0 bridgehead atoms. The van der Waals surface area contributed by atoms with E-state index >= 15 is 0 Å². The largest absolute Gasteiger partial charge is 0.497 e. The van der Waals surface area contributed by atoms with Gasteiger partial charge in [-0.25, -0.2) is 4.39 Å². The van der Waals surface area contributed by atoms with E-state index in [4.69, 9.17) is 23.7 Å². The molecule has 1 saturated carbocycles. The third-order valence-electron chi connectivity index (χ3n) is 7.60. The number of esters is 1. The lowest BCUT2D eigenvalue weighted by atomic mass is 9.70. The zero-order valence-electron chi connectivity index (χ0n) is 20.8. The van der Waals surface area contributed by atoms with E-state index in [0.717, 1.165) is 0 Å². The standard InChI is InChI=1S/C28H27FO8/c1-33-18-10-8-16(9-11-18)28-22(15-6-5-7-17(29)12-15)19(26(31)36-4)14-27(28,32)23-20(37-28)13-21(34-2)24(30)25(23)35-3/h5-13,19,21-22,32H,14H2,1-4H3. The zero-order chi connectivity index (χ0) is 26.5. The van der Waals surface area contributed by atoms with Gasteiger partial charge in [0.05, 0.1) is 32.8 Å². The molecular weight excluding hydrogens is 483 g/mol. The Morgan fingerprint density at radius 3 is 2.41 bits per heavy atom. The maximum Gasteiger partial charge on any atom is 0.309 e. The molecule has 1 heterocycles. The number of aliphatic hydroxyl groups is 1. The van der Waals surface area contributed by atoms with Gasteiger partial charge in [0, 0.05) is 13.0 Å². The van der Waals surface area contributed by atoms with E-state index in [-0.39, 0.29) is 23.5 Å². The lowest BCUT2D eigenvalue weighted by Crippen LogP contribution is -2.48. The van der Waals surface area contributed by atoms with Gasteiger partial charge in [-0.05, 0) is 47.9 Å². The fraction of sp³-hybridized carbons (Fsp3) is 0.357. The van der Waals surface area contributed by atoms with E-state index in [9.17, 15) is 19.1 Å². The number of carbonyl (C=O) groups excluding carboxylic acids is 2. The summed E-state index contributed by atoms with van der Waals surface area (Å²) in [6, 6.07) is 12.7. The minimum Gasteiger partial charge on any atom is -0.497 e. The first-order valence-electron chi connectivity index (χ1n) is 11.7. The highest BCUT2D eigenvalue weighted by Gasteiger charge is 2.75. The van der Waals surface area contributed by atoms with Crippen LogP contribution in [0.15, 0.2) is 71.7 Å². The fourth-order valence-corrected chi connectivity index (χ4v) is 6.11. The molecule has 194 valence electrons. The van der Waals surface area contributed by atoms with Crippen LogP contribution >= 0.6 is 0 Å². The highest BCUT2D eigenvalue weighted by atomic mass is 19.1. The van der Waals surface area contributed by atoms with Crippen molar-refractivity contribution >= 4 is 11.8 Å². The van der Waals surface area contributed by atoms with Crippen molar-refractivity contribution < 1.29 is 42.8 Å². The molecule has 5 rings (SSSR count). The van der Waals surface area contributed by atoms with Gasteiger partial charge in [-0.3, -0.25) is 9.59 Å². The number of Topliss-reactive ketones (excluding diaryl/α,β-unsaturated/α-hetero) is 1. The molecule has 5 unspecified atom stereocenters. The number of hydrogen-bond acceptors (Lipinski definition) is 8. The van der Waals surface area contributed by atoms with Crippen LogP contribution < -0.4 is 4.74 Å². The number of halogens is 1. The molecule has 1 saturated heterocycles. The summed E-state index contributed by atoms with van der Waals surface area (Å²) in [5.41, 5.74) is -2.54. The molecule has 0 aromatic heterocycles. The van der Waals surface area contributed by atoms with E-state index in [2.05, 4.69) is 0 Å². The van der Waals surface area contributed by atoms with E-state index in [1.54, 1.807) is 30.3 Å². The van der Waals surface area contributed by atoms with E-state index in [0.29, 0.717) is 16.9 Å². The van der Waals surface area contributed by atoms with Crippen LogP contribution in [-0.2, 0) is 34.1 Å². The van der Waals surface area contributed by atoms with Gasteiger partial charge in [0.1, 0.15) is 29.0 Å². The van der Waals surface area contributed by atoms with Crippen LogP contribution in [0.2, 0.25) is 0 Å². The van der Waals surface area contributed by atoms with Gasteiger partial charge in [-0.2, -0.15) is 0 Å². The van der Waals surface area contributed by atoms with Gasteiger partial charge < -0.3 is 28.8 Å². The summed E-state index contributed by atoms with van der Waals surface area (Å²) in [6.07, 6.45) is 0.322. The van der Waals surface area contributed by atoms with Gasteiger partial charge in [-0.1, -0.05) is 24.3 Å². The monoisotopic (exact) mass is 510 g/mol. The molecule has 9 heteroatoms. The number of carbonyl (C=O) groups is 2. The van der Waals surface area contributed by atoms with Crippen molar-refractivity contribution in [1.29, 1.82) is 0 Å². The lowest BCUT2D eigenvalue weighted by Gasteiger charge is -2.40. The number of fused-ring (bicyclic) bond motifs is 3. The van der Waals surface area contributed by atoms with Crippen molar-refractivity contribution in [2.45, 2.75) is 29.6 Å². The molecule has 8 nitrogen and oxygen atoms in total. The summed E-state index contributed by atoms with van der Waals surface area (Å²) in [4.78, 5) is 26.3. The van der Waals surface area contributed by atoms with Gasteiger partial charge in [0.25, 0.3) is 0 Å². The van der Waals surface area contributed by atoms with E-state index in [1.807, 2.05) is 0 Å². The normalized spacial score (nSPS) is 30.3. The predicted molar refractivity (Wildman–Crippen MR) is 128 cm³/mol. The predicted octanol–water partition coefficient (Wildman–Crippen LogP) is 3.15. The topological polar surface area (TPSA) is 101 Å². The number of ketones is 1. The first kappa shape index (κ1) is 25.0. The molecule has 0 spiro atoms. The van der Waals surface area contributed by atoms with E-state index < -0.39 is 46.7 Å². The molecule has 2 aromatic carbocycles. The first-order valence-corrected chi connectivity index (χ1v) is 11.7. The summed E-state index contributed by atoms with van der Waals surface area (Å²) < 4.78 is 42.4. The molecule has 1 aliphatic heterocycles. The van der Waals surface area contributed by atoms with Crippen LogP contribution in [0.1, 0.15) is 23.5 Å². The van der Waals surface area contributed by atoms with Crippen molar-refractivity contribution in [2.24, 2.45) is 5.92 Å². The van der Waals surface area contributed by atoms with Gasteiger partial charge >= 0.3 is 5.97 Å². The van der Waals surface area contributed by atoms with E-state index in [1.165, 1.54) is 52.7 Å². The molecule has 0 amide bonds. The number of hydrogen-bond donors (Lipinski definition) is 1. The Labute approximate surface area is 213 Å². The quantitative estimate of drug-likeness (QED) is 0.592. The highest BCUT2D eigenvalue weighted by molar-refractivity contribution is 6.02. The second-order valence-electron chi connectivity index (χ2n) is 9.25. The average Bonchev–Trinajstić information content (AvgIpc) is 3.32. The summed E-state index contributed by atoms with van der Waals surface area (Å²) in [5, 5.41) is 12.6. The lowest BCUT2D eigenvalue weighted by molar-refractivity contribution is -0.147. The Morgan fingerprint density at radius 1 is 1.08 bits per heavy atom. The minimum absolute atomic E-state index is 0.120. The minimum atomic E-state index is -1.93. The fourth-order valence-electron chi connectivity index (χ4n) is 6.11. The first-order chi connectivity index (χ1) is 17.7. The molecule has 37 heavy (non-hydrogen) atoms. The second kappa shape index (κ2) is 9.00. The Balaban J connectivity index is 1.86. The van der Waals surface area contributed by atoms with Crippen molar-refractivity contribution in [3.8, 4) is 5.75 Å². The molecular formula is C28H27FO8. The molecule has 5 atom stereocenters. The van der Waals surface area contributed by atoms with Crippen molar-refractivity contribution in [2.75, 3.05) is 28.4 Å².